The Morgan fingerprint density at radius 2 is 2.04 bits per heavy atom. The van der Waals surface area contributed by atoms with Gasteiger partial charge in [-0.15, -0.1) is 0 Å². The van der Waals surface area contributed by atoms with E-state index in [4.69, 9.17) is 16.3 Å². The molecule has 142 valence electrons. The monoisotopic (exact) mass is 397 g/mol. The normalized spacial score (nSPS) is 12.9. The van der Waals surface area contributed by atoms with Crippen molar-refractivity contribution in [3.63, 3.8) is 0 Å². The maximum absolute atomic E-state index is 13.2. The lowest BCUT2D eigenvalue weighted by Crippen LogP contribution is -2.41. The van der Waals surface area contributed by atoms with Crippen LogP contribution in [-0.4, -0.2) is 24.2 Å². The standard InChI is InChI=1S/C21H17ClFN3O2/c22-18-12-16(23)7-6-15(18)10-14-11-19-20(24-13-14)26(8-9-28-19)21(27)25-17-4-2-1-3-5-17/h1-7,11-13H,8-10H2,(H,25,27). The molecule has 0 unspecified atom stereocenters. The number of amides is 2. The minimum absolute atomic E-state index is 0.266. The van der Waals surface area contributed by atoms with E-state index < -0.39 is 0 Å². The van der Waals surface area contributed by atoms with Crippen molar-refractivity contribution >= 4 is 29.1 Å². The van der Waals surface area contributed by atoms with Gasteiger partial charge >= 0.3 is 6.03 Å². The van der Waals surface area contributed by atoms with Crippen LogP contribution in [0.1, 0.15) is 11.1 Å². The average Bonchev–Trinajstić information content (AvgIpc) is 2.70. The average molecular weight is 398 g/mol. The fraction of sp³-hybridized carbons (Fsp3) is 0.143. The Morgan fingerprint density at radius 3 is 2.82 bits per heavy atom. The second-order valence-electron chi connectivity index (χ2n) is 6.37. The third-order valence-corrected chi connectivity index (χ3v) is 4.75. The molecule has 28 heavy (non-hydrogen) atoms. The van der Waals surface area contributed by atoms with Crippen molar-refractivity contribution in [3.8, 4) is 5.75 Å². The molecule has 7 heteroatoms. The molecule has 1 aromatic heterocycles. The first-order valence-electron chi connectivity index (χ1n) is 8.79. The predicted octanol–water partition coefficient (Wildman–Crippen LogP) is 4.90. The summed E-state index contributed by atoms with van der Waals surface area (Å²) in [5.41, 5.74) is 2.36. The van der Waals surface area contributed by atoms with Crippen molar-refractivity contribution in [1.82, 2.24) is 4.98 Å². The van der Waals surface area contributed by atoms with Crippen LogP contribution in [0, 0.1) is 5.82 Å². The first-order valence-corrected chi connectivity index (χ1v) is 9.17. The van der Waals surface area contributed by atoms with Crippen LogP contribution in [0.5, 0.6) is 5.75 Å². The van der Waals surface area contributed by atoms with Crippen LogP contribution in [0.3, 0.4) is 0 Å². The molecule has 5 nitrogen and oxygen atoms in total. The Hall–Kier alpha value is -3.12. The van der Waals surface area contributed by atoms with Gasteiger partial charge in [-0.3, -0.25) is 4.90 Å². The summed E-state index contributed by atoms with van der Waals surface area (Å²) in [6.07, 6.45) is 2.16. The molecule has 1 aliphatic rings. The molecule has 4 rings (SSSR count). The number of fused-ring (bicyclic) bond motifs is 1. The third kappa shape index (κ3) is 3.92. The van der Waals surface area contributed by atoms with Gasteiger partial charge in [0.1, 0.15) is 12.4 Å². The smallest absolute Gasteiger partial charge is 0.327 e. The van der Waals surface area contributed by atoms with Gasteiger partial charge < -0.3 is 10.1 Å². The topological polar surface area (TPSA) is 54.5 Å². The summed E-state index contributed by atoms with van der Waals surface area (Å²) in [5.74, 6) is 0.625. The lowest BCUT2D eigenvalue weighted by molar-refractivity contribution is 0.249. The quantitative estimate of drug-likeness (QED) is 0.684. The summed E-state index contributed by atoms with van der Waals surface area (Å²) < 4.78 is 18.9. The predicted molar refractivity (Wildman–Crippen MR) is 107 cm³/mol. The molecule has 0 bridgehead atoms. The van der Waals surface area contributed by atoms with Crippen molar-refractivity contribution in [3.05, 3.63) is 82.8 Å². The van der Waals surface area contributed by atoms with E-state index in [0.29, 0.717) is 41.8 Å². The van der Waals surface area contributed by atoms with Crippen LogP contribution in [0.2, 0.25) is 5.02 Å². The van der Waals surface area contributed by atoms with Crippen molar-refractivity contribution in [2.45, 2.75) is 6.42 Å². The SMILES string of the molecule is O=C(Nc1ccccc1)N1CCOc2cc(Cc3ccc(F)cc3Cl)cnc21. The molecule has 0 radical (unpaired) electrons. The van der Waals surface area contributed by atoms with Crippen LogP contribution >= 0.6 is 11.6 Å². The van der Waals surface area contributed by atoms with Gasteiger partial charge in [0.15, 0.2) is 11.6 Å². The molecule has 0 fully saturated rings. The van der Waals surface area contributed by atoms with Crippen molar-refractivity contribution < 1.29 is 13.9 Å². The number of rotatable bonds is 3. The van der Waals surface area contributed by atoms with E-state index in [1.165, 1.54) is 12.1 Å². The van der Waals surface area contributed by atoms with E-state index in [1.54, 1.807) is 17.2 Å². The number of hydrogen-bond donors (Lipinski definition) is 1. The second kappa shape index (κ2) is 7.86. The van der Waals surface area contributed by atoms with Gasteiger partial charge in [0.25, 0.3) is 0 Å². The van der Waals surface area contributed by atoms with Crippen molar-refractivity contribution in [2.24, 2.45) is 0 Å². The number of para-hydroxylation sites is 1. The molecule has 2 heterocycles. The number of anilines is 2. The van der Waals surface area contributed by atoms with Crippen molar-refractivity contribution in [2.75, 3.05) is 23.4 Å². The van der Waals surface area contributed by atoms with E-state index in [9.17, 15) is 9.18 Å². The molecule has 1 aliphatic heterocycles. The van der Waals surface area contributed by atoms with E-state index in [1.807, 2.05) is 36.4 Å². The number of ether oxygens (including phenoxy) is 1. The van der Waals surface area contributed by atoms with Crippen LogP contribution in [0.4, 0.5) is 20.7 Å². The van der Waals surface area contributed by atoms with Crippen LogP contribution in [0.15, 0.2) is 60.8 Å². The number of hydrogen-bond acceptors (Lipinski definition) is 3. The third-order valence-electron chi connectivity index (χ3n) is 4.40. The number of aromatic nitrogens is 1. The summed E-state index contributed by atoms with van der Waals surface area (Å²) >= 11 is 6.11. The number of urea groups is 1. The number of nitrogens with zero attached hydrogens (tertiary/aromatic N) is 2. The molecule has 1 N–H and O–H groups in total. The molecule has 2 aromatic carbocycles. The molecule has 0 spiro atoms. The van der Waals surface area contributed by atoms with E-state index >= 15 is 0 Å². The highest BCUT2D eigenvalue weighted by Gasteiger charge is 2.25. The number of nitrogens with one attached hydrogen (secondary N) is 1. The zero-order chi connectivity index (χ0) is 19.5. The second-order valence-corrected chi connectivity index (χ2v) is 6.78. The molecule has 0 saturated heterocycles. The van der Waals surface area contributed by atoms with Gasteiger partial charge in [0.2, 0.25) is 0 Å². The fourth-order valence-electron chi connectivity index (χ4n) is 3.03. The number of carbonyl (C=O) groups is 1. The van der Waals surface area contributed by atoms with Gasteiger partial charge in [-0.05, 0) is 41.5 Å². The highest BCUT2D eigenvalue weighted by Crippen LogP contribution is 2.32. The molecule has 0 aliphatic carbocycles. The van der Waals surface area contributed by atoms with Gasteiger partial charge in [-0.1, -0.05) is 35.9 Å². The first kappa shape index (κ1) is 18.3. The molecule has 3 aromatic rings. The minimum Gasteiger partial charge on any atom is -0.488 e. The van der Waals surface area contributed by atoms with E-state index in [0.717, 1.165) is 11.1 Å². The number of carbonyl (C=O) groups excluding carboxylic acids is 1. The van der Waals surface area contributed by atoms with Crippen molar-refractivity contribution in [1.29, 1.82) is 0 Å². The first-order chi connectivity index (χ1) is 13.6. The summed E-state index contributed by atoms with van der Waals surface area (Å²) in [4.78, 5) is 18.6. The maximum Gasteiger partial charge on any atom is 0.327 e. The lowest BCUT2D eigenvalue weighted by atomic mass is 10.1. The summed E-state index contributed by atoms with van der Waals surface area (Å²) in [5, 5.41) is 3.22. The van der Waals surface area contributed by atoms with Gasteiger partial charge in [0, 0.05) is 23.3 Å². The maximum atomic E-state index is 13.2. The summed E-state index contributed by atoms with van der Waals surface area (Å²) in [6.45, 7) is 0.777. The van der Waals surface area contributed by atoms with Crippen LogP contribution < -0.4 is 15.0 Å². The Bertz CT molecular complexity index is 1010. The minimum atomic E-state index is -0.374. The highest BCUT2D eigenvalue weighted by atomic mass is 35.5. The molecule has 0 saturated carbocycles. The van der Waals surface area contributed by atoms with Gasteiger partial charge in [-0.25, -0.2) is 14.2 Å². The zero-order valence-corrected chi connectivity index (χ0v) is 15.6. The Balaban J connectivity index is 1.54. The highest BCUT2D eigenvalue weighted by molar-refractivity contribution is 6.31. The molecular formula is C21H17ClFN3O2. The number of halogens is 2. The number of pyridine rings is 1. The van der Waals surface area contributed by atoms with E-state index in [-0.39, 0.29) is 11.8 Å². The largest absolute Gasteiger partial charge is 0.488 e. The Labute approximate surface area is 166 Å². The summed E-state index contributed by atoms with van der Waals surface area (Å²) in [6, 6.07) is 15.1. The number of benzene rings is 2. The summed E-state index contributed by atoms with van der Waals surface area (Å²) in [7, 11) is 0. The molecule has 0 atom stereocenters. The van der Waals surface area contributed by atoms with Crippen LogP contribution in [0.25, 0.3) is 0 Å². The Kier molecular flexibility index (Phi) is 5.12. The molecular weight excluding hydrogens is 381 g/mol. The van der Waals surface area contributed by atoms with Crippen LogP contribution in [-0.2, 0) is 6.42 Å². The fourth-order valence-corrected chi connectivity index (χ4v) is 3.27. The molecule has 2 amide bonds. The van der Waals surface area contributed by atoms with Gasteiger partial charge in [-0.2, -0.15) is 0 Å². The Morgan fingerprint density at radius 1 is 1.21 bits per heavy atom. The van der Waals surface area contributed by atoms with Gasteiger partial charge in [0.05, 0.1) is 6.54 Å². The zero-order valence-electron chi connectivity index (χ0n) is 14.9. The lowest BCUT2D eigenvalue weighted by Gasteiger charge is -2.28. The van der Waals surface area contributed by atoms with E-state index in [2.05, 4.69) is 10.3 Å².